The van der Waals surface area contributed by atoms with E-state index in [1.807, 2.05) is 72.8 Å². The number of sulfonamides is 1. The number of H-pyrrole nitrogens is 1. The minimum atomic E-state index is -4.24. The van der Waals surface area contributed by atoms with E-state index < -0.39 is 14.9 Å². The van der Waals surface area contributed by atoms with Crippen LogP contribution in [-0.2, 0) is 21.3 Å². The molecule has 2 fully saturated rings. The number of fused-ring (bicyclic) bond motifs is 1. The fourth-order valence-electron chi connectivity index (χ4n) is 7.71. The molecule has 0 bridgehead atoms. The number of hydrogen-bond donors (Lipinski definition) is 3. The van der Waals surface area contributed by atoms with Crippen molar-refractivity contribution in [3.8, 4) is 11.1 Å². The largest absolute Gasteiger partial charge is 0.379 e. The second-order valence-electron chi connectivity index (χ2n) is 15.0. The highest BCUT2D eigenvalue weighted by molar-refractivity contribution is 7.99. The van der Waals surface area contributed by atoms with Crippen molar-refractivity contribution in [3.63, 3.8) is 0 Å². The molecule has 3 N–H and O–H groups in total. The molecule has 2 aliphatic heterocycles. The minimum Gasteiger partial charge on any atom is -0.379 e. The maximum absolute atomic E-state index is 13.7. The Bertz CT molecular complexity index is 2520. The summed E-state index contributed by atoms with van der Waals surface area (Å²) in [5, 5.41) is 24.3. The molecule has 2 aliphatic rings. The third kappa shape index (κ3) is 10.2. The molecule has 0 radical (unpaired) electrons. The van der Waals surface area contributed by atoms with E-state index in [4.69, 9.17) is 16.3 Å². The van der Waals surface area contributed by atoms with Gasteiger partial charge < -0.3 is 15.0 Å². The monoisotopic (exact) mass is 866 g/mol. The molecule has 60 heavy (non-hydrogen) atoms. The molecule has 0 amide bonds. The molecule has 0 aliphatic carbocycles. The number of benzene rings is 5. The van der Waals surface area contributed by atoms with E-state index in [0.29, 0.717) is 29.9 Å². The van der Waals surface area contributed by atoms with Crippen molar-refractivity contribution in [3.05, 3.63) is 136 Å². The van der Waals surface area contributed by atoms with Crippen molar-refractivity contribution in [2.24, 2.45) is 0 Å². The molecule has 0 unspecified atom stereocenters. The summed E-state index contributed by atoms with van der Waals surface area (Å²) in [4.78, 5) is 19.8. The van der Waals surface area contributed by atoms with Crippen molar-refractivity contribution in [1.29, 1.82) is 0 Å². The van der Waals surface area contributed by atoms with Crippen LogP contribution < -0.4 is 14.9 Å². The lowest BCUT2D eigenvalue weighted by molar-refractivity contribution is -0.384. The number of aromatic amines is 1. The molecule has 2 saturated heterocycles. The quantitative estimate of drug-likeness (QED) is 0.0491. The van der Waals surface area contributed by atoms with Crippen molar-refractivity contribution >= 4 is 67.2 Å². The number of piperazine rings is 1. The molecule has 6 aromatic rings. The Labute approximate surface area is 359 Å². The van der Waals surface area contributed by atoms with Crippen LogP contribution in [0.15, 0.2) is 125 Å². The van der Waals surface area contributed by atoms with Gasteiger partial charge in [-0.3, -0.25) is 29.7 Å². The van der Waals surface area contributed by atoms with Crippen LogP contribution in [0.3, 0.4) is 0 Å². The summed E-state index contributed by atoms with van der Waals surface area (Å²) in [7, 11) is -4.24. The molecule has 5 aromatic carbocycles. The van der Waals surface area contributed by atoms with Crippen LogP contribution in [0.25, 0.3) is 22.0 Å². The molecule has 8 rings (SSSR count). The van der Waals surface area contributed by atoms with Crippen molar-refractivity contribution in [1.82, 2.24) is 20.0 Å². The van der Waals surface area contributed by atoms with Gasteiger partial charge in [0.25, 0.3) is 15.7 Å². The lowest BCUT2D eigenvalue weighted by Crippen LogP contribution is -2.46. The standard InChI is InChI=1S/C44H47ClN8O5S2/c45-34-11-14-39(32-7-3-1-4-8-32)33(27-34)30-51-19-21-52(22-20-51)36-12-15-40-42(28-36)47-48-44(40)49-60(56,57)38-13-16-41(43(29-38)53(54)55)46-35(17-18-50-23-25-58-26-24-50)31-59-37-9-5-2-6-10-37/h1-16,27-29,35,46H,17-26,30-31H2,(H2,47,48,49)/t35-/m1/s1. The van der Waals surface area contributed by atoms with Crippen molar-refractivity contribution < 1.29 is 18.1 Å². The Hall–Kier alpha value is -5.16. The third-order valence-electron chi connectivity index (χ3n) is 11.0. The summed E-state index contributed by atoms with van der Waals surface area (Å²) in [6, 6.07) is 36.1. The van der Waals surface area contributed by atoms with E-state index in [1.54, 1.807) is 11.8 Å². The first-order valence-electron chi connectivity index (χ1n) is 20.0. The summed E-state index contributed by atoms with van der Waals surface area (Å²) < 4.78 is 35.5. The van der Waals surface area contributed by atoms with E-state index in [-0.39, 0.29) is 28.1 Å². The molecule has 16 heteroatoms. The van der Waals surface area contributed by atoms with Crippen LogP contribution in [0.2, 0.25) is 5.02 Å². The maximum Gasteiger partial charge on any atom is 0.293 e. The van der Waals surface area contributed by atoms with Crippen LogP contribution in [0, 0.1) is 10.1 Å². The normalized spacial score (nSPS) is 15.8. The van der Waals surface area contributed by atoms with Crippen LogP contribution in [0.5, 0.6) is 0 Å². The molecule has 3 heterocycles. The van der Waals surface area contributed by atoms with Gasteiger partial charge in [0.05, 0.1) is 28.5 Å². The van der Waals surface area contributed by atoms with E-state index in [1.165, 1.54) is 23.3 Å². The van der Waals surface area contributed by atoms with Gasteiger partial charge in [-0.1, -0.05) is 66.2 Å². The zero-order chi connectivity index (χ0) is 41.5. The molecule has 0 spiro atoms. The topological polar surface area (TPSA) is 149 Å². The first-order valence-corrected chi connectivity index (χ1v) is 22.9. The summed E-state index contributed by atoms with van der Waals surface area (Å²) in [6.45, 7) is 7.96. The summed E-state index contributed by atoms with van der Waals surface area (Å²) in [6.07, 6.45) is 0.739. The number of anilines is 3. The summed E-state index contributed by atoms with van der Waals surface area (Å²) in [5.41, 5.74) is 5.14. The smallest absolute Gasteiger partial charge is 0.293 e. The van der Waals surface area contributed by atoms with Crippen molar-refractivity contribution in [2.45, 2.75) is 28.8 Å². The second kappa shape index (κ2) is 19.0. The maximum atomic E-state index is 13.7. The lowest BCUT2D eigenvalue weighted by atomic mass is 9.99. The summed E-state index contributed by atoms with van der Waals surface area (Å²) >= 11 is 8.10. The van der Waals surface area contributed by atoms with Gasteiger partial charge >= 0.3 is 0 Å². The zero-order valence-electron chi connectivity index (χ0n) is 33.0. The predicted octanol–water partition coefficient (Wildman–Crippen LogP) is 8.21. The Kier molecular flexibility index (Phi) is 13.2. The highest BCUT2D eigenvalue weighted by Crippen LogP contribution is 2.33. The number of aromatic nitrogens is 2. The fourth-order valence-corrected chi connectivity index (χ4v) is 9.94. The number of nitrogens with one attached hydrogen (secondary N) is 3. The Balaban J connectivity index is 0.922. The molecular formula is C44H47ClN8O5S2. The number of hydrogen-bond acceptors (Lipinski definition) is 11. The zero-order valence-corrected chi connectivity index (χ0v) is 35.4. The van der Waals surface area contributed by atoms with Gasteiger partial charge in [0, 0.05) is 91.2 Å². The number of halogens is 1. The second-order valence-corrected chi connectivity index (χ2v) is 18.2. The Morgan fingerprint density at radius 3 is 2.37 bits per heavy atom. The van der Waals surface area contributed by atoms with Crippen LogP contribution in [0.1, 0.15) is 12.0 Å². The molecule has 312 valence electrons. The first kappa shape index (κ1) is 41.6. The van der Waals surface area contributed by atoms with Crippen LogP contribution in [-0.4, -0.2) is 104 Å². The highest BCUT2D eigenvalue weighted by atomic mass is 35.5. The van der Waals surface area contributed by atoms with Gasteiger partial charge in [-0.05, 0) is 77.7 Å². The van der Waals surface area contributed by atoms with Gasteiger partial charge in [-0.15, -0.1) is 11.8 Å². The summed E-state index contributed by atoms with van der Waals surface area (Å²) in [5.74, 6) is 0.778. The van der Waals surface area contributed by atoms with Gasteiger partial charge in [-0.25, -0.2) is 8.42 Å². The molecule has 0 saturated carbocycles. The number of morpholine rings is 1. The van der Waals surface area contributed by atoms with Gasteiger partial charge in [0.2, 0.25) is 0 Å². The van der Waals surface area contributed by atoms with Crippen molar-refractivity contribution in [2.75, 3.05) is 79.7 Å². The average molecular weight is 867 g/mol. The van der Waals surface area contributed by atoms with E-state index in [0.717, 1.165) is 86.0 Å². The fraction of sp³-hybridized carbons (Fsp3) is 0.295. The van der Waals surface area contributed by atoms with Crippen LogP contribution in [0.4, 0.5) is 22.9 Å². The van der Waals surface area contributed by atoms with E-state index in [9.17, 15) is 18.5 Å². The van der Waals surface area contributed by atoms with Crippen LogP contribution >= 0.6 is 23.4 Å². The van der Waals surface area contributed by atoms with Gasteiger partial charge in [0.15, 0.2) is 5.82 Å². The lowest BCUT2D eigenvalue weighted by Gasteiger charge is -2.36. The third-order valence-corrected chi connectivity index (χ3v) is 13.7. The molecule has 1 atom stereocenters. The predicted molar refractivity (Wildman–Crippen MR) is 241 cm³/mol. The highest BCUT2D eigenvalue weighted by Gasteiger charge is 2.26. The van der Waals surface area contributed by atoms with E-state index in [2.05, 4.69) is 59.2 Å². The molecule has 1 aromatic heterocycles. The molecular weight excluding hydrogens is 820 g/mol. The van der Waals surface area contributed by atoms with E-state index >= 15 is 0 Å². The average Bonchev–Trinajstić information content (AvgIpc) is 3.66. The first-order chi connectivity index (χ1) is 29.2. The Morgan fingerprint density at radius 2 is 1.62 bits per heavy atom. The SMILES string of the molecule is O=[N+]([O-])c1cc(S(=O)(=O)Nc2n[nH]c3cc(N4CCN(Cc5cc(Cl)ccc5-c5ccccc5)CC4)ccc23)ccc1N[C@H](CCN1CCOCC1)CSc1ccccc1. The van der Waals surface area contributed by atoms with Gasteiger partial charge in [-0.2, -0.15) is 5.10 Å². The number of ether oxygens (including phenoxy) is 1. The number of thioether (sulfide) groups is 1. The number of nitro benzene ring substituents is 1. The minimum absolute atomic E-state index is 0.114. The van der Waals surface area contributed by atoms with Gasteiger partial charge in [0.1, 0.15) is 5.69 Å². The number of nitrogens with zero attached hydrogens (tertiary/aromatic N) is 5. The Morgan fingerprint density at radius 1 is 0.867 bits per heavy atom. The number of nitro groups is 1. The number of rotatable bonds is 16. The molecule has 13 nitrogen and oxygen atoms in total.